The minimum Gasteiger partial charge on any atom is -0.396 e. The molecule has 0 radical (unpaired) electrons. The molecule has 128 valence electrons. The summed E-state index contributed by atoms with van der Waals surface area (Å²) in [5.74, 6) is 0.911. The summed E-state index contributed by atoms with van der Waals surface area (Å²) in [5, 5.41) is 18.7. The second-order valence-corrected chi connectivity index (χ2v) is 7.33. The Morgan fingerprint density at radius 1 is 0.773 bits per heavy atom. The summed E-state index contributed by atoms with van der Waals surface area (Å²) in [6, 6.07) is 1.25. The van der Waals surface area contributed by atoms with Crippen molar-refractivity contribution in [3.63, 3.8) is 0 Å². The summed E-state index contributed by atoms with van der Waals surface area (Å²) in [7, 11) is 0. The minimum absolute atomic E-state index is 0.320. The molecule has 2 fully saturated rings. The Kier molecular flexibility index (Phi) is 7.35. The fourth-order valence-corrected chi connectivity index (χ4v) is 3.75. The number of aliphatic hydroxyl groups excluding tert-OH is 2. The second-order valence-electron chi connectivity index (χ2n) is 7.33. The van der Waals surface area contributed by atoms with E-state index in [1.54, 1.807) is 0 Å². The van der Waals surface area contributed by atoms with Gasteiger partial charge in [-0.2, -0.15) is 0 Å². The molecule has 22 heavy (non-hydrogen) atoms. The van der Waals surface area contributed by atoms with Crippen LogP contribution in [0.15, 0.2) is 12.2 Å². The molecule has 0 bridgehead atoms. The largest absolute Gasteiger partial charge is 0.396 e. The molecule has 0 saturated carbocycles. The zero-order valence-electron chi connectivity index (χ0n) is 14.3. The van der Waals surface area contributed by atoms with Gasteiger partial charge in [-0.3, -0.25) is 9.80 Å². The zero-order valence-corrected chi connectivity index (χ0v) is 14.3. The van der Waals surface area contributed by atoms with Crippen molar-refractivity contribution >= 4 is 0 Å². The average Bonchev–Trinajstić information content (AvgIpc) is 2.54. The van der Waals surface area contributed by atoms with E-state index < -0.39 is 0 Å². The minimum atomic E-state index is 0.320. The van der Waals surface area contributed by atoms with Gasteiger partial charge in [0.15, 0.2) is 0 Å². The second kappa shape index (κ2) is 9.02. The molecule has 0 unspecified atom stereocenters. The summed E-state index contributed by atoms with van der Waals surface area (Å²) in [4.78, 5) is 4.97. The molecule has 0 aromatic rings. The monoisotopic (exact) mass is 310 g/mol. The molecule has 0 spiro atoms. The maximum absolute atomic E-state index is 9.34. The fraction of sp³-hybridized carbons (Fsp3) is 0.889. The van der Waals surface area contributed by atoms with Gasteiger partial charge in [-0.15, -0.1) is 0 Å². The molecule has 2 heterocycles. The van der Waals surface area contributed by atoms with Crippen molar-refractivity contribution in [3.8, 4) is 0 Å². The Hall–Kier alpha value is -0.420. The molecule has 2 N–H and O–H groups in total. The Bertz CT molecular complexity index is 316. The molecular weight excluding hydrogens is 276 g/mol. The lowest BCUT2D eigenvalue weighted by Crippen LogP contribution is -2.43. The summed E-state index contributed by atoms with van der Waals surface area (Å²) < 4.78 is 0. The summed E-state index contributed by atoms with van der Waals surface area (Å²) in [6.07, 6.45) is 9.27. The Balaban J connectivity index is 1.74. The summed E-state index contributed by atoms with van der Waals surface area (Å²) >= 11 is 0. The molecular formula is C18H34N2O2. The standard InChI is InChI=1S/C18H34N2O2/c1-15-5-7-17(13-21)11-19(15)9-3-4-10-20-12-18(14-22)8-6-16(20)2/h3-4,15-18,21-22H,5-14H2,1-2H3/b4-3+/t15-,16+,17-,18-/m1/s1. The van der Waals surface area contributed by atoms with E-state index in [1.807, 2.05) is 0 Å². The van der Waals surface area contributed by atoms with Crippen LogP contribution in [0.2, 0.25) is 0 Å². The molecule has 0 aliphatic carbocycles. The predicted octanol–water partition coefficient (Wildman–Crippen LogP) is 1.73. The van der Waals surface area contributed by atoms with Crippen molar-refractivity contribution in [2.75, 3.05) is 39.4 Å². The van der Waals surface area contributed by atoms with E-state index in [4.69, 9.17) is 0 Å². The van der Waals surface area contributed by atoms with Crippen LogP contribution in [0.3, 0.4) is 0 Å². The number of aliphatic hydroxyl groups is 2. The molecule has 2 aliphatic rings. The van der Waals surface area contributed by atoms with Crippen LogP contribution in [0.25, 0.3) is 0 Å². The molecule has 2 rings (SSSR count). The van der Waals surface area contributed by atoms with E-state index in [2.05, 4.69) is 35.8 Å². The van der Waals surface area contributed by atoms with Crippen molar-refractivity contribution in [2.45, 2.75) is 51.6 Å². The summed E-state index contributed by atoms with van der Waals surface area (Å²) in [6.45, 7) is 9.25. The van der Waals surface area contributed by atoms with Crippen LogP contribution in [-0.2, 0) is 0 Å². The highest BCUT2D eigenvalue weighted by atomic mass is 16.3. The first kappa shape index (κ1) is 17.9. The first-order chi connectivity index (χ1) is 10.6. The zero-order chi connectivity index (χ0) is 15.9. The molecule has 2 aliphatic heterocycles. The molecule has 4 heteroatoms. The third kappa shape index (κ3) is 5.05. The number of nitrogens with zero attached hydrogens (tertiary/aromatic N) is 2. The number of rotatable bonds is 6. The van der Waals surface area contributed by atoms with Crippen LogP contribution in [0, 0.1) is 11.8 Å². The van der Waals surface area contributed by atoms with Crippen molar-refractivity contribution in [3.05, 3.63) is 12.2 Å². The number of likely N-dealkylation sites (tertiary alicyclic amines) is 2. The highest BCUT2D eigenvalue weighted by Gasteiger charge is 2.25. The van der Waals surface area contributed by atoms with Crippen LogP contribution in [0.1, 0.15) is 39.5 Å². The average molecular weight is 310 g/mol. The van der Waals surface area contributed by atoms with Crippen LogP contribution in [-0.4, -0.2) is 71.5 Å². The Morgan fingerprint density at radius 2 is 1.18 bits per heavy atom. The van der Waals surface area contributed by atoms with Crippen LogP contribution >= 0.6 is 0 Å². The third-order valence-corrected chi connectivity index (χ3v) is 5.58. The normalized spacial score (nSPS) is 35.3. The molecule has 0 amide bonds. The maximum atomic E-state index is 9.34. The quantitative estimate of drug-likeness (QED) is 0.734. The van der Waals surface area contributed by atoms with Gasteiger partial charge in [0.05, 0.1) is 0 Å². The first-order valence-electron chi connectivity index (χ1n) is 8.98. The molecule has 2 saturated heterocycles. The van der Waals surface area contributed by atoms with Gasteiger partial charge < -0.3 is 10.2 Å². The van der Waals surface area contributed by atoms with Crippen molar-refractivity contribution in [1.82, 2.24) is 9.80 Å². The van der Waals surface area contributed by atoms with Crippen LogP contribution < -0.4 is 0 Å². The molecule has 4 nitrogen and oxygen atoms in total. The van der Waals surface area contributed by atoms with Gasteiger partial charge in [0.2, 0.25) is 0 Å². The fourth-order valence-electron chi connectivity index (χ4n) is 3.75. The lowest BCUT2D eigenvalue weighted by Gasteiger charge is -2.37. The highest BCUT2D eigenvalue weighted by Crippen LogP contribution is 2.22. The van der Waals surface area contributed by atoms with Gasteiger partial charge in [-0.05, 0) is 51.4 Å². The van der Waals surface area contributed by atoms with E-state index in [9.17, 15) is 10.2 Å². The highest BCUT2D eigenvalue weighted by molar-refractivity contribution is 4.92. The van der Waals surface area contributed by atoms with Gasteiger partial charge in [-0.25, -0.2) is 0 Å². The van der Waals surface area contributed by atoms with Gasteiger partial charge >= 0.3 is 0 Å². The van der Waals surface area contributed by atoms with Crippen molar-refractivity contribution in [2.24, 2.45) is 11.8 Å². The van der Waals surface area contributed by atoms with E-state index in [-0.39, 0.29) is 0 Å². The molecule has 0 aromatic carbocycles. The van der Waals surface area contributed by atoms with E-state index >= 15 is 0 Å². The topological polar surface area (TPSA) is 46.9 Å². The van der Waals surface area contributed by atoms with Crippen molar-refractivity contribution in [1.29, 1.82) is 0 Å². The lowest BCUT2D eigenvalue weighted by atomic mass is 9.94. The number of hydrogen-bond donors (Lipinski definition) is 2. The summed E-state index contributed by atoms with van der Waals surface area (Å²) in [5.41, 5.74) is 0. The van der Waals surface area contributed by atoms with Gasteiger partial charge in [0.25, 0.3) is 0 Å². The van der Waals surface area contributed by atoms with Crippen LogP contribution in [0.4, 0.5) is 0 Å². The molecule has 0 aromatic heterocycles. The van der Waals surface area contributed by atoms with Crippen molar-refractivity contribution < 1.29 is 10.2 Å². The first-order valence-corrected chi connectivity index (χ1v) is 8.98. The van der Waals surface area contributed by atoms with E-state index in [0.717, 1.165) is 39.0 Å². The van der Waals surface area contributed by atoms with E-state index in [1.165, 1.54) is 12.8 Å². The Labute approximate surface area is 135 Å². The van der Waals surface area contributed by atoms with Gasteiger partial charge in [0.1, 0.15) is 0 Å². The number of hydrogen-bond acceptors (Lipinski definition) is 4. The number of piperidine rings is 2. The SMILES string of the molecule is C[C@@H]1CC[C@@H](CO)CN1C/C=C/CN1C[C@H](CO)CC[C@@H]1C. The Morgan fingerprint density at radius 3 is 1.55 bits per heavy atom. The smallest absolute Gasteiger partial charge is 0.0471 e. The van der Waals surface area contributed by atoms with E-state index in [0.29, 0.717) is 37.1 Å². The lowest BCUT2D eigenvalue weighted by molar-refractivity contribution is 0.0895. The van der Waals surface area contributed by atoms with Crippen LogP contribution in [0.5, 0.6) is 0 Å². The van der Waals surface area contributed by atoms with Gasteiger partial charge in [-0.1, -0.05) is 12.2 Å². The third-order valence-electron chi connectivity index (χ3n) is 5.58. The van der Waals surface area contributed by atoms with Gasteiger partial charge in [0, 0.05) is 51.5 Å². The molecule has 4 atom stereocenters. The maximum Gasteiger partial charge on any atom is 0.0471 e. The predicted molar refractivity (Wildman–Crippen MR) is 90.8 cm³/mol.